The Balaban J connectivity index is 1.78. The van der Waals surface area contributed by atoms with Crippen LogP contribution in [0.25, 0.3) is 0 Å². The maximum atomic E-state index is 13.6. The predicted molar refractivity (Wildman–Crippen MR) is 149 cm³/mol. The van der Waals surface area contributed by atoms with Crippen LogP contribution in [0.1, 0.15) is 35.3 Å². The number of nitrogens with one attached hydrogen (secondary N) is 1. The van der Waals surface area contributed by atoms with Crippen LogP contribution in [-0.2, 0) is 17.8 Å². The second-order valence-electron chi connectivity index (χ2n) is 9.87. The lowest BCUT2D eigenvalue weighted by Gasteiger charge is -2.32. The average molecular weight is 520 g/mol. The highest BCUT2D eigenvalue weighted by Gasteiger charge is 2.26. The van der Waals surface area contributed by atoms with Gasteiger partial charge in [0, 0.05) is 24.3 Å². The first-order chi connectivity index (χ1) is 18.2. The summed E-state index contributed by atoms with van der Waals surface area (Å²) >= 11 is 0. The zero-order chi connectivity index (χ0) is 27.7. The van der Waals surface area contributed by atoms with Gasteiger partial charge in [0.05, 0.1) is 27.8 Å². The lowest BCUT2D eigenvalue weighted by molar-refractivity contribution is -0.115. The van der Waals surface area contributed by atoms with Crippen LogP contribution in [0.3, 0.4) is 0 Å². The van der Waals surface area contributed by atoms with Gasteiger partial charge in [-0.05, 0) is 65.6 Å². The van der Waals surface area contributed by atoms with E-state index < -0.39 is 0 Å². The number of hydrogen-bond donors (Lipinski definition) is 2. The Kier molecular flexibility index (Phi) is 9.73. The van der Waals surface area contributed by atoms with Gasteiger partial charge in [-0.15, -0.1) is 0 Å². The molecule has 0 radical (unpaired) electrons. The normalized spacial score (nSPS) is 11.0. The van der Waals surface area contributed by atoms with Gasteiger partial charge in [-0.3, -0.25) is 9.59 Å². The monoisotopic (exact) mass is 519 g/mol. The zero-order valence-corrected chi connectivity index (χ0v) is 22.7. The predicted octanol–water partition coefficient (Wildman–Crippen LogP) is 4.52. The molecular weight excluding hydrogens is 482 g/mol. The maximum absolute atomic E-state index is 13.6. The third-order valence-electron chi connectivity index (χ3n) is 6.20. The van der Waals surface area contributed by atoms with Crippen molar-refractivity contribution in [1.29, 1.82) is 0 Å². The van der Waals surface area contributed by atoms with Gasteiger partial charge in [0.15, 0.2) is 11.5 Å². The van der Waals surface area contributed by atoms with Gasteiger partial charge < -0.3 is 30.2 Å². The largest absolute Gasteiger partial charge is 0.497 e. The molecule has 0 aliphatic heterocycles. The Morgan fingerprint density at radius 3 is 2.21 bits per heavy atom. The molecule has 0 aromatic heterocycles. The minimum Gasteiger partial charge on any atom is -0.497 e. The molecule has 202 valence electrons. The highest BCUT2D eigenvalue weighted by atomic mass is 16.5. The summed E-state index contributed by atoms with van der Waals surface area (Å²) in [6.07, 6.45) is 0.239. The Morgan fingerprint density at radius 1 is 0.868 bits per heavy atom. The summed E-state index contributed by atoms with van der Waals surface area (Å²) < 4.78 is 15.9. The number of carbonyl (C=O) groups excluding carboxylic acids is 2. The van der Waals surface area contributed by atoms with E-state index in [0.29, 0.717) is 42.4 Å². The molecule has 2 amide bonds. The number of anilines is 1. The van der Waals surface area contributed by atoms with E-state index in [9.17, 15) is 9.59 Å². The number of amides is 2. The molecule has 8 heteroatoms. The number of benzene rings is 3. The Morgan fingerprint density at radius 2 is 1.58 bits per heavy atom. The van der Waals surface area contributed by atoms with E-state index >= 15 is 0 Å². The summed E-state index contributed by atoms with van der Waals surface area (Å²) in [4.78, 5) is 28.1. The third kappa shape index (κ3) is 7.73. The van der Waals surface area contributed by atoms with E-state index in [-0.39, 0.29) is 23.7 Å². The molecule has 0 spiro atoms. The standard InChI is InChI=1S/C30H37N3O5/c1-30(2,19-31)20-33(29(35)23-11-14-26(37-4)27(17-23)38-5)18-22-7-6-8-24(15-22)32-28(34)16-21-9-12-25(36-3)13-10-21/h6-15,17H,16,18-20,31H2,1-5H3,(H,32,34). The van der Waals surface area contributed by atoms with Crippen molar-refractivity contribution in [2.45, 2.75) is 26.8 Å². The van der Waals surface area contributed by atoms with E-state index in [0.717, 1.165) is 16.9 Å². The van der Waals surface area contributed by atoms with E-state index in [1.165, 1.54) is 7.11 Å². The van der Waals surface area contributed by atoms with Crippen LogP contribution in [-0.4, -0.2) is 51.1 Å². The van der Waals surface area contributed by atoms with Gasteiger partial charge in [-0.25, -0.2) is 0 Å². The number of hydrogen-bond acceptors (Lipinski definition) is 6. The number of methoxy groups -OCH3 is 3. The zero-order valence-electron chi connectivity index (χ0n) is 22.7. The van der Waals surface area contributed by atoms with Crippen LogP contribution in [0.4, 0.5) is 5.69 Å². The summed E-state index contributed by atoms with van der Waals surface area (Å²) in [5, 5.41) is 2.96. The Hall–Kier alpha value is -4.04. The average Bonchev–Trinajstić information content (AvgIpc) is 2.92. The molecule has 0 aliphatic rings. The molecule has 3 aromatic carbocycles. The van der Waals surface area contributed by atoms with Gasteiger partial charge in [-0.1, -0.05) is 38.1 Å². The van der Waals surface area contributed by atoms with Crippen LogP contribution in [0.2, 0.25) is 0 Å². The lowest BCUT2D eigenvalue weighted by Crippen LogP contribution is -2.41. The molecule has 0 bridgehead atoms. The quantitative estimate of drug-likeness (QED) is 0.365. The molecule has 0 saturated heterocycles. The fourth-order valence-corrected chi connectivity index (χ4v) is 4.03. The Bertz CT molecular complexity index is 1240. The van der Waals surface area contributed by atoms with Gasteiger partial charge in [0.2, 0.25) is 5.91 Å². The molecule has 0 atom stereocenters. The van der Waals surface area contributed by atoms with Gasteiger partial charge in [0.25, 0.3) is 5.91 Å². The van der Waals surface area contributed by atoms with Crippen LogP contribution in [0.15, 0.2) is 66.7 Å². The first kappa shape index (κ1) is 28.5. The van der Waals surface area contributed by atoms with Crippen molar-refractivity contribution in [3.63, 3.8) is 0 Å². The van der Waals surface area contributed by atoms with Crippen LogP contribution in [0, 0.1) is 5.41 Å². The molecule has 3 aromatic rings. The van der Waals surface area contributed by atoms with Crippen molar-refractivity contribution in [3.8, 4) is 17.2 Å². The molecular formula is C30H37N3O5. The van der Waals surface area contributed by atoms with Gasteiger partial charge in [0.1, 0.15) is 5.75 Å². The van der Waals surface area contributed by atoms with Crippen LogP contribution < -0.4 is 25.3 Å². The number of ether oxygens (including phenoxy) is 3. The molecule has 38 heavy (non-hydrogen) atoms. The second kappa shape index (κ2) is 13.0. The lowest BCUT2D eigenvalue weighted by atomic mass is 9.92. The first-order valence-electron chi connectivity index (χ1n) is 12.4. The number of rotatable bonds is 12. The van der Waals surface area contributed by atoms with Crippen LogP contribution >= 0.6 is 0 Å². The summed E-state index contributed by atoms with van der Waals surface area (Å²) in [5.41, 5.74) is 8.62. The van der Waals surface area contributed by atoms with Crippen molar-refractivity contribution < 1.29 is 23.8 Å². The van der Waals surface area contributed by atoms with Crippen molar-refractivity contribution in [2.75, 3.05) is 39.7 Å². The minimum absolute atomic E-state index is 0.130. The number of nitrogens with zero attached hydrogens (tertiary/aromatic N) is 1. The van der Waals surface area contributed by atoms with Crippen molar-refractivity contribution in [2.24, 2.45) is 11.1 Å². The highest BCUT2D eigenvalue weighted by Crippen LogP contribution is 2.29. The topological polar surface area (TPSA) is 103 Å². The molecule has 8 nitrogen and oxygen atoms in total. The van der Waals surface area contributed by atoms with Crippen molar-refractivity contribution in [1.82, 2.24) is 4.90 Å². The molecule has 3 N–H and O–H groups in total. The summed E-state index contributed by atoms with van der Waals surface area (Å²) in [6.45, 7) is 5.27. The SMILES string of the molecule is COc1ccc(CC(=O)Nc2cccc(CN(CC(C)(C)CN)C(=O)c3ccc(OC)c(OC)c3)c2)cc1. The molecule has 0 saturated carbocycles. The minimum atomic E-state index is -0.295. The van der Waals surface area contributed by atoms with Crippen molar-refractivity contribution >= 4 is 17.5 Å². The molecule has 0 aliphatic carbocycles. The Labute approximate surface area is 224 Å². The van der Waals surface area contributed by atoms with Crippen molar-refractivity contribution in [3.05, 3.63) is 83.4 Å². The van der Waals surface area contributed by atoms with E-state index in [2.05, 4.69) is 5.32 Å². The third-order valence-corrected chi connectivity index (χ3v) is 6.20. The first-order valence-corrected chi connectivity index (χ1v) is 12.4. The smallest absolute Gasteiger partial charge is 0.254 e. The maximum Gasteiger partial charge on any atom is 0.254 e. The molecule has 0 unspecified atom stereocenters. The van der Waals surface area contributed by atoms with E-state index in [4.69, 9.17) is 19.9 Å². The van der Waals surface area contributed by atoms with E-state index in [1.807, 2.05) is 62.4 Å². The molecule has 0 fully saturated rings. The fourth-order valence-electron chi connectivity index (χ4n) is 4.03. The highest BCUT2D eigenvalue weighted by molar-refractivity contribution is 5.95. The molecule has 0 heterocycles. The summed E-state index contributed by atoms with van der Waals surface area (Å²) in [5.74, 6) is 1.50. The van der Waals surface area contributed by atoms with Gasteiger partial charge in [-0.2, -0.15) is 0 Å². The van der Waals surface area contributed by atoms with E-state index in [1.54, 1.807) is 37.3 Å². The second-order valence-corrected chi connectivity index (χ2v) is 9.87. The number of nitrogens with two attached hydrogens (primary N) is 1. The van der Waals surface area contributed by atoms with Gasteiger partial charge >= 0.3 is 0 Å². The van der Waals surface area contributed by atoms with Crippen LogP contribution in [0.5, 0.6) is 17.2 Å². The summed E-state index contributed by atoms with van der Waals surface area (Å²) in [6, 6.07) is 20.0. The summed E-state index contributed by atoms with van der Waals surface area (Å²) in [7, 11) is 4.70. The number of carbonyl (C=O) groups is 2. The molecule has 3 rings (SSSR count). The fraction of sp³-hybridized carbons (Fsp3) is 0.333.